The smallest absolute Gasteiger partial charge is 0.251 e. The minimum Gasteiger partial charge on any atom is -0.381 e. The topological polar surface area (TPSA) is 50.4 Å². The maximum atomic E-state index is 12.6. The molecule has 0 spiro atoms. The summed E-state index contributed by atoms with van der Waals surface area (Å²) >= 11 is 0. The van der Waals surface area contributed by atoms with Crippen LogP contribution >= 0.6 is 0 Å². The molecule has 120 valence electrons. The lowest BCUT2D eigenvalue weighted by atomic mass is 9.85. The van der Waals surface area contributed by atoms with Crippen molar-refractivity contribution in [1.82, 2.24) is 10.6 Å². The Labute approximate surface area is 132 Å². The summed E-state index contributed by atoms with van der Waals surface area (Å²) < 4.78 is 5.35. The fourth-order valence-corrected chi connectivity index (χ4v) is 3.58. The van der Waals surface area contributed by atoms with Crippen molar-refractivity contribution in [3.8, 4) is 0 Å². The number of piperidine rings is 1. The molecule has 3 rings (SSSR count). The second-order valence-electron chi connectivity index (χ2n) is 6.40. The van der Waals surface area contributed by atoms with Crippen LogP contribution in [0, 0.1) is 6.92 Å². The van der Waals surface area contributed by atoms with Gasteiger partial charge in [0.25, 0.3) is 5.91 Å². The first-order chi connectivity index (χ1) is 10.8. The predicted molar refractivity (Wildman–Crippen MR) is 87.3 cm³/mol. The van der Waals surface area contributed by atoms with E-state index in [-0.39, 0.29) is 11.9 Å². The van der Waals surface area contributed by atoms with E-state index < -0.39 is 0 Å². The lowest BCUT2D eigenvalue weighted by Gasteiger charge is -2.26. The summed E-state index contributed by atoms with van der Waals surface area (Å²) in [5, 5.41) is 6.58. The van der Waals surface area contributed by atoms with E-state index in [1.165, 1.54) is 5.56 Å². The van der Waals surface area contributed by atoms with E-state index in [0.29, 0.717) is 5.92 Å². The molecule has 4 nitrogen and oxygen atoms in total. The van der Waals surface area contributed by atoms with Gasteiger partial charge in [-0.2, -0.15) is 0 Å². The van der Waals surface area contributed by atoms with Crippen molar-refractivity contribution in [2.45, 2.75) is 44.6 Å². The van der Waals surface area contributed by atoms with Gasteiger partial charge >= 0.3 is 0 Å². The molecule has 22 heavy (non-hydrogen) atoms. The number of carbonyl (C=O) groups excluding carboxylic acids is 1. The third kappa shape index (κ3) is 3.50. The fourth-order valence-electron chi connectivity index (χ4n) is 3.58. The second-order valence-corrected chi connectivity index (χ2v) is 6.40. The molecular weight excluding hydrogens is 276 g/mol. The van der Waals surface area contributed by atoms with Crippen molar-refractivity contribution in [2.24, 2.45) is 0 Å². The predicted octanol–water partition coefficient (Wildman–Crippen LogP) is 2.37. The van der Waals surface area contributed by atoms with Gasteiger partial charge in [0.2, 0.25) is 0 Å². The highest BCUT2D eigenvalue weighted by molar-refractivity contribution is 5.96. The largest absolute Gasteiger partial charge is 0.381 e. The zero-order chi connectivity index (χ0) is 15.4. The number of nitrogens with one attached hydrogen (secondary N) is 2. The first-order valence-electron chi connectivity index (χ1n) is 8.44. The number of carbonyl (C=O) groups is 1. The number of ether oxygens (including phenoxy) is 1. The normalized spacial score (nSPS) is 20.8. The molecule has 0 aliphatic carbocycles. The van der Waals surface area contributed by atoms with Crippen LogP contribution in [0.1, 0.15) is 53.1 Å². The quantitative estimate of drug-likeness (QED) is 0.901. The molecule has 0 atom stereocenters. The summed E-state index contributed by atoms with van der Waals surface area (Å²) in [7, 11) is 0. The lowest BCUT2D eigenvalue weighted by molar-refractivity contribution is 0.0696. The Morgan fingerprint density at radius 1 is 1.18 bits per heavy atom. The van der Waals surface area contributed by atoms with Crippen LogP contribution in [0.5, 0.6) is 0 Å². The van der Waals surface area contributed by atoms with Gasteiger partial charge in [0.05, 0.1) is 0 Å². The first-order valence-corrected chi connectivity index (χ1v) is 8.44. The van der Waals surface area contributed by atoms with Crippen LogP contribution in [-0.2, 0) is 4.74 Å². The average Bonchev–Trinajstić information content (AvgIpc) is 2.56. The van der Waals surface area contributed by atoms with Crippen LogP contribution in [0.3, 0.4) is 0 Å². The standard InChI is InChI=1S/C18H26N2O2/c1-13-16(14-5-9-19-10-6-14)3-2-4-17(13)18(21)20-15-7-11-22-12-8-15/h2-4,14-15,19H,5-12H2,1H3,(H,20,21). The molecule has 2 heterocycles. The Kier molecular flexibility index (Phi) is 5.11. The number of rotatable bonds is 3. The summed E-state index contributed by atoms with van der Waals surface area (Å²) in [5.74, 6) is 0.650. The first kappa shape index (κ1) is 15.5. The van der Waals surface area contributed by atoms with Crippen molar-refractivity contribution in [1.29, 1.82) is 0 Å². The highest BCUT2D eigenvalue weighted by atomic mass is 16.5. The molecule has 1 amide bonds. The summed E-state index contributed by atoms with van der Waals surface area (Å²) in [6, 6.07) is 6.43. The van der Waals surface area contributed by atoms with Gasteiger partial charge < -0.3 is 15.4 Å². The van der Waals surface area contributed by atoms with Crippen LogP contribution in [0.25, 0.3) is 0 Å². The number of hydrogen-bond donors (Lipinski definition) is 2. The number of amides is 1. The maximum Gasteiger partial charge on any atom is 0.251 e. The molecule has 0 aromatic heterocycles. The summed E-state index contributed by atoms with van der Waals surface area (Å²) in [4.78, 5) is 12.6. The molecule has 2 fully saturated rings. The summed E-state index contributed by atoms with van der Waals surface area (Å²) in [6.07, 6.45) is 4.15. The Balaban J connectivity index is 1.73. The Morgan fingerprint density at radius 2 is 1.91 bits per heavy atom. The molecule has 4 heteroatoms. The number of hydrogen-bond acceptors (Lipinski definition) is 3. The van der Waals surface area contributed by atoms with Gasteiger partial charge in [-0.05, 0) is 68.8 Å². The lowest BCUT2D eigenvalue weighted by Crippen LogP contribution is -2.39. The zero-order valence-electron chi connectivity index (χ0n) is 13.4. The molecule has 2 N–H and O–H groups in total. The van der Waals surface area contributed by atoms with Crippen molar-refractivity contribution >= 4 is 5.91 Å². The Bertz CT molecular complexity index is 518. The SMILES string of the molecule is Cc1c(C(=O)NC2CCOCC2)cccc1C1CCNCC1. The van der Waals surface area contributed by atoms with Gasteiger partial charge in [0, 0.05) is 24.8 Å². The van der Waals surface area contributed by atoms with Gasteiger partial charge in [-0.15, -0.1) is 0 Å². The molecule has 2 aliphatic rings. The van der Waals surface area contributed by atoms with Crippen LogP contribution < -0.4 is 10.6 Å². The molecule has 1 aromatic carbocycles. The Hall–Kier alpha value is -1.39. The molecule has 0 radical (unpaired) electrons. The maximum absolute atomic E-state index is 12.6. The average molecular weight is 302 g/mol. The van der Waals surface area contributed by atoms with E-state index >= 15 is 0 Å². The molecule has 0 unspecified atom stereocenters. The number of benzene rings is 1. The zero-order valence-corrected chi connectivity index (χ0v) is 13.4. The van der Waals surface area contributed by atoms with Crippen molar-refractivity contribution < 1.29 is 9.53 Å². The van der Waals surface area contributed by atoms with Crippen LogP contribution in [0.15, 0.2) is 18.2 Å². The fraction of sp³-hybridized carbons (Fsp3) is 0.611. The Morgan fingerprint density at radius 3 is 2.64 bits per heavy atom. The minimum absolute atomic E-state index is 0.0696. The second kappa shape index (κ2) is 7.25. The highest BCUT2D eigenvalue weighted by Crippen LogP contribution is 2.29. The molecule has 0 saturated carbocycles. The van der Waals surface area contributed by atoms with Gasteiger partial charge in [0.1, 0.15) is 0 Å². The summed E-state index contributed by atoms with van der Waals surface area (Å²) in [5.41, 5.74) is 3.34. The third-order valence-corrected chi connectivity index (χ3v) is 4.96. The van der Waals surface area contributed by atoms with Crippen LogP contribution in [0.2, 0.25) is 0 Å². The van der Waals surface area contributed by atoms with Crippen LogP contribution in [0.4, 0.5) is 0 Å². The van der Waals surface area contributed by atoms with E-state index in [2.05, 4.69) is 23.6 Å². The van der Waals surface area contributed by atoms with Crippen molar-refractivity contribution in [3.05, 3.63) is 34.9 Å². The molecule has 1 aromatic rings. The van der Waals surface area contributed by atoms with Gasteiger partial charge in [-0.1, -0.05) is 12.1 Å². The highest BCUT2D eigenvalue weighted by Gasteiger charge is 2.22. The molecule has 0 bridgehead atoms. The van der Waals surface area contributed by atoms with E-state index in [1.807, 2.05) is 12.1 Å². The molecule has 2 aliphatic heterocycles. The van der Waals surface area contributed by atoms with Gasteiger partial charge in [-0.3, -0.25) is 4.79 Å². The van der Waals surface area contributed by atoms with Crippen molar-refractivity contribution in [2.75, 3.05) is 26.3 Å². The van der Waals surface area contributed by atoms with E-state index in [9.17, 15) is 4.79 Å². The van der Waals surface area contributed by atoms with Gasteiger partial charge in [0.15, 0.2) is 0 Å². The van der Waals surface area contributed by atoms with Crippen LogP contribution in [-0.4, -0.2) is 38.3 Å². The van der Waals surface area contributed by atoms with E-state index in [0.717, 1.165) is 63.1 Å². The van der Waals surface area contributed by atoms with E-state index in [1.54, 1.807) is 0 Å². The minimum atomic E-state index is 0.0696. The molecule has 2 saturated heterocycles. The summed E-state index contributed by atoms with van der Waals surface area (Å²) in [6.45, 7) is 5.74. The molecular formula is C18H26N2O2. The monoisotopic (exact) mass is 302 g/mol. The van der Waals surface area contributed by atoms with E-state index in [4.69, 9.17) is 4.74 Å². The van der Waals surface area contributed by atoms with Crippen molar-refractivity contribution in [3.63, 3.8) is 0 Å². The third-order valence-electron chi connectivity index (χ3n) is 4.96. The van der Waals surface area contributed by atoms with Gasteiger partial charge in [-0.25, -0.2) is 0 Å².